The largest absolute Gasteiger partial charge is 0.329 e. The van der Waals surface area contributed by atoms with Crippen molar-refractivity contribution in [3.63, 3.8) is 0 Å². The summed E-state index contributed by atoms with van der Waals surface area (Å²) in [7, 11) is 0. The van der Waals surface area contributed by atoms with Gasteiger partial charge in [-0.05, 0) is 37.8 Å². The molecule has 1 aliphatic heterocycles. The number of aryl methyl sites for hydroxylation is 2. The molecule has 20 heavy (non-hydrogen) atoms. The van der Waals surface area contributed by atoms with Gasteiger partial charge in [-0.25, -0.2) is 0 Å². The van der Waals surface area contributed by atoms with E-state index in [-0.39, 0.29) is 0 Å². The molecule has 1 saturated heterocycles. The maximum atomic E-state index is 6.11. The highest BCUT2D eigenvalue weighted by atomic mass is 15.3. The monoisotopic (exact) mass is 273 g/mol. The standard InChI is InChI=1S/C17H27N3/c1-13-3-4-14(2)16(11-13)17(12-18)20-9-7-19(8-10-20)15-5-6-15/h3-4,11,15,17H,5-10,12,18H2,1-2H3. The van der Waals surface area contributed by atoms with Crippen molar-refractivity contribution >= 4 is 0 Å². The summed E-state index contributed by atoms with van der Waals surface area (Å²) in [6, 6.07) is 8.02. The van der Waals surface area contributed by atoms with E-state index >= 15 is 0 Å². The van der Waals surface area contributed by atoms with Crippen LogP contribution in [0.2, 0.25) is 0 Å². The molecule has 1 aromatic rings. The van der Waals surface area contributed by atoms with Gasteiger partial charge in [0.15, 0.2) is 0 Å². The maximum Gasteiger partial charge on any atom is 0.0474 e. The van der Waals surface area contributed by atoms with Gasteiger partial charge in [-0.1, -0.05) is 23.8 Å². The van der Waals surface area contributed by atoms with Gasteiger partial charge in [0.05, 0.1) is 0 Å². The first kappa shape index (κ1) is 14.1. The fraction of sp³-hybridized carbons (Fsp3) is 0.647. The van der Waals surface area contributed by atoms with Gasteiger partial charge in [-0.3, -0.25) is 9.80 Å². The summed E-state index contributed by atoms with van der Waals surface area (Å²) in [5.41, 5.74) is 10.2. The molecule has 0 amide bonds. The molecular formula is C17H27N3. The molecule has 2 N–H and O–H groups in total. The second-order valence-electron chi connectivity index (χ2n) is 6.41. The normalized spacial score (nSPS) is 22.9. The van der Waals surface area contributed by atoms with Crippen LogP contribution in [0.1, 0.15) is 35.6 Å². The molecular weight excluding hydrogens is 246 g/mol. The van der Waals surface area contributed by atoms with Crippen LogP contribution < -0.4 is 5.73 Å². The highest BCUT2D eigenvalue weighted by Crippen LogP contribution is 2.30. The Bertz CT molecular complexity index is 459. The Kier molecular flexibility index (Phi) is 4.11. The van der Waals surface area contributed by atoms with E-state index in [9.17, 15) is 0 Å². The molecule has 3 nitrogen and oxygen atoms in total. The predicted octanol–water partition coefficient (Wildman–Crippen LogP) is 2.08. The van der Waals surface area contributed by atoms with Gasteiger partial charge >= 0.3 is 0 Å². The van der Waals surface area contributed by atoms with Crippen molar-refractivity contribution in [3.8, 4) is 0 Å². The average Bonchev–Trinajstić information content (AvgIpc) is 3.29. The minimum Gasteiger partial charge on any atom is -0.329 e. The van der Waals surface area contributed by atoms with Crippen molar-refractivity contribution in [2.45, 2.75) is 38.8 Å². The number of hydrogen-bond acceptors (Lipinski definition) is 3. The van der Waals surface area contributed by atoms with Gasteiger partial charge in [-0.15, -0.1) is 0 Å². The van der Waals surface area contributed by atoms with Gasteiger partial charge in [0.2, 0.25) is 0 Å². The van der Waals surface area contributed by atoms with E-state index < -0.39 is 0 Å². The molecule has 1 aliphatic carbocycles. The minimum atomic E-state index is 0.385. The molecule has 2 aliphatic rings. The SMILES string of the molecule is Cc1ccc(C)c(C(CN)N2CCN(C3CC3)CC2)c1. The zero-order chi connectivity index (χ0) is 14.1. The number of benzene rings is 1. The summed E-state index contributed by atoms with van der Waals surface area (Å²) < 4.78 is 0. The van der Waals surface area contributed by atoms with Crippen LogP contribution in [0.5, 0.6) is 0 Å². The van der Waals surface area contributed by atoms with Crippen LogP contribution in [-0.4, -0.2) is 48.6 Å². The molecule has 0 bridgehead atoms. The van der Waals surface area contributed by atoms with Crippen molar-refractivity contribution in [3.05, 3.63) is 34.9 Å². The topological polar surface area (TPSA) is 32.5 Å². The fourth-order valence-electron chi connectivity index (χ4n) is 3.45. The van der Waals surface area contributed by atoms with E-state index in [2.05, 4.69) is 41.8 Å². The second-order valence-corrected chi connectivity index (χ2v) is 6.41. The number of piperazine rings is 1. The molecule has 2 fully saturated rings. The first-order chi connectivity index (χ1) is 9.69. The van der Waals surface area contributed by atoms with Crippen LogP contribution in [-0.2, 0) is 0 Å². The molecule has 0 radical (unpaired) electrons. The van der Waals surface area contributed by atoms with E-state index in [4.69, 9.17) is 5.73 Å². The quantitative estimate of drug-likeness (QED) is 0.911. The summed E-state index contributed by atoms with van der Waals surface area (Å²) in [5, 5.41) is 0. The summed E-state index contributed by atoms with van der Waals surface area (Å²) in [4.78, 5) is 5.24. The highest BCUT2D eigenvalue weighted by molar-refractivity contribution is 5.33. The molecule has 3 heteroatoms. The first-order valence-electron chi connectivity index (χ1n) is 7.94. The summed E-state index contributed by atoms with van der Waals surface area (Å²) in [6.07, 6.45) is 2.83. The van der Waals surface area contributed by atoms with E-state index in [0.717, 1.165) is 19.1 Å². The van der Waals surface area contributed by atoms with Crippen LogP contribution in [0.3, 0.4) is 0 Å². The molecule has 1 heterocycles. The van der Waals surface area contributed by atoms with Gasteiger partial charge in [0, 0.05) is 44.8 Å². The maximum absolute atomic E-state index is 6.11. The molecule has 1 atom stereocenters. The van der Waals surface area contributed by atoms with Crippen molar-refractivity contribution in [1.82, 2.24) is 9.80 Å². The zero-order valence-electron chi connectivity index (χ0n) is 12.8. The smallest absolute Gasteiger partial charge is 0.0474 e. The van der Waals surface area contributed by atoms with Crippen LogP contribution in [0.15, 0.2) is 18.2 Å². The van der Waals surface area contributed by atoms with E-state index in [1.165, 1.54) is 42.6 Å². The van der Waals surface area contributed by atoms with Gasteiger partial charge in [-0.2, -0.15) is 0 Å². The fourth-order valence-corrected chi connectivity index (χ4v) is 3.45. The van der Waals surface area contributed by atoms with Crippen molar-refractivity contribution in [2.75, 3.05) is 32.7 Å². The molecule has 1 aromatic carbocycles. The van der Waals surface area contributed by atoms with Crippen LogP contribution in [0, 0.1) is 13.8 Å². The Labute approximate surface area is 122 Å². The Morgan fingerprint density at radius 2 is 1.85 bits per heavy atom. The molecule has 1 saturated carbocycles. The molecule has 1 unspecified atom stereocenters. The molecule has 3 rings (SSSR count). The minimum absolute atomic E-state index is 0.385. The van der Waals surface area contributed by atoms with E-state index in [0.29, 0.717) is 12.6 Å². The lowest BCUT2D eigenvalue weighted by Gasteiger charge is -2.39. The Morgan fingerprint density at radius 3 is 2.45 bits per heavy atom. The third-order valence-electron chi connectivity index (χ3n) is 4.87. The first-order valence-corrected chi connectivity index (χ1v) is 7.94. The Balaban J connectivity index is 1.71. The Morgan fingerprint density at radius 1 is 1.15 bits per heavy atom. The highest BCUT2D eigenvalue weighted by Gasteiger charge is 2.33. The van der Waals surface area contributed by atoms with Crippen molar-refractivity contribution < 1.29 is 0 Å². The third-order valence-corrected chi connectivity index (χ3v) is 4.87. The molecule has 110 valence electrons. The predicted molar refractivity (Wildman–Crippen MR) is 83.9 cm³/mol. The molecule has 0 aromatic heterocycles. The third kappa shape index (κ3) is 2.90. The number of hydrogen-bond donors (Lipinski definition) is 1. The average molecular weight is 273 g/mol. The second kappa shape index (κ2) is 5.84. The van der Waals surface area contributed by atoms with Gasteiger partial charge in [0.25, 0.3) is 0 Å². The van der Waals surface area contributed by atoms with Crippen LogP contribution in [0.25, 0.3) is 0 Å². The van der Waals surface area contributed by atoms with E-state index in [1.807, 2.05) is 0 Å². The van der Waals surface area contributed by atoms with Gasteiger partial charge < -0.3 is 5.73 Å². The summed E-state index contributed by atoms with van der Waals surface area (Å²) >= 11 is 0. The lowest BCUT2D eigenvalue weighted by atomic mass is 9.97. The molecule has 0 spiro atoms. The Hall–Kier alpha value is -0.900. The number of nitrogens with two attached hydrogens (primary N) is 1. The zero-order valence-corrected chi connectivity index (χ0v) is 12.8. The lowest BCUT2D eigenvalue weighted by molar-refractivity contribution is 0.0936. The number of rotatable bonds is 4. The summed E-state index contributed by atoms with van der Waals surface area (Å²) in [5.74, 6) is 0. The van der Waals surface area contributed by atoms with Gasteiger partial charge in [0.1, 0.15) is 0 Å². The van der Waals surface area contributed by atoms with E-state index in [1.54, 1.807) is 0 Å². The number of nitrogens with zero attached hydrogens (tertiary/aromatic N) is 2. The summed E-state index contributed by atoms with van der Waals surface area (Å²) in [6.45, 7) is 9.84. The van der Waals surface area contributed by atoms with Crippen LogP contribution in [0.4, 0.5) is 0 Å². The van der Waals surface area contributed by atoms with Crippen molar-refractivity contribution in [2.24, 2.45) is 5.73 Å². The van der Waals surface area contributed by atoms with Crippen molar-refractivity contribution in [1.29, 1.82) is 0 Å². The van der Waals surface area contributed by atoms with Crippen LogP contribution >= 0.6 is 0 Å². The lowest BCUT2D eigenvalue weighted by Crippen LogP contribution is -2.49.